The summed E-state index contributed by atoms with van der Waals surface area (Å²) >= 11 is 5.58. The number of nitrogens with zero attached hydrogens (tertiary/aromatic N) is 2. The normalized spacial score (nSPS) is 10.3. The molecule has 1 aromatic heterocycles. The van der Waals surface area contributed by atoms with E-state index in [9.17, 15) is 4.79 Å². The molecule has 124 valence electrons. The van der Waals surface area contributed by atoms with Gasteiger partial charge in [0, 0.05) is 17.2 Å². The summed E-state index contributed by atoms with van der Waals surface area (Å²) in [6, 6.07) is 18.6. The molecule has 0 spiro atoms. The number of benzene rings is 2. The van der Waals surface area contributed by atoms with Crippen molar-refractivity contribution in [2.45, 2.75) is 0 Å². The Morgan fingerprint density at radius 2 is 1.72 bits per heavy atom. The van der Waals surface area contributed by atoms with Gasteiger partial charge in [-0.3, -0.25) is 15.6 Å². The molecule has 0 unspecified atom stereocenters. The number of ketones is 1. The molecule has 6 nitrogen and oxygen atoms in total. The fourth-order valence-corrected chi connectivity index (χ4v) is 2.32. The number of carbonyl (C=O) groups excluding carboxylic acids is 1. The molecular weight excluding hydrogens is 340 g/mol. The Morgan fingerprint density at radius 3 is 2.44 bits per heavy atom. The van der Waals surface area contributed by atoms with Gasteiger partial charge in [-0.1, -0.05) is 42.5 Å². The number of nitrogens with one attached hydrogen (secondary N) is 2. The smallest absolute Gasteiger partial charge is 0.237 e. The van der Waals surface area contributed by atoms with Crippen LogP contribution in [-0.4, -0.2) is 20.9 Å². The van der Waals surface area contributed by atoms with Gasteiger partial charge < -0.3 is 4.74 Å². The lowest BCUT2D eigenvalue weighted by atomic mass is 10.0. The van der Waals surface area contributed by atoms with Gasteiger partial charge in [0.15, 0.2) is 5.78 Å². The molecule has 2 N–H and O–H groups in total. The van der Waals surface area contributed by atoms with Crippen LogP contribution < -0.4 is 10.2 Å². The van der Waals surface area contributed by atoms with Crippen molar-refractivity contribution >= 4 is 22.7 Å². The van der Waals surface area contributed by atoms with Crippen molar-refractivity contribution in [3.63, 3.8) is 0 Å². The summed E-state index contributed by atoms with van der Waals surface area (Å²) in [6.07, 6.45) is 0. The monoisotopic (exact) mass is 352 g/mol. The van der Waals surface area contributed by atoms with Crippen molar-refractivity contribution in [3.05, 3.63) is 83.3 Å². The molecule has 0 aliphatic rings. The Hall–Kier alpha value is -3.25. The minimum absolute atomic E-state index is 0.0413. The van der Waals surface area contributed by atoms with Crippen LogP contribution in [0, 0.1) is 10.8 Å². The van der Waals surface area contributed by atoms with Gasteiger partial charge >= 0.3 is 0 Å². The molecule has 3 aromatic rings. The van der Waals surface area contributed by atoms with Gasteiger partial charge in [0.2, 0.25) is 11.2 Å². The summed E-state index contributed by atoms with van der Waals surface area (Å²) in [7, 11) is 0. The van der Waals surface area contributed by atoms with E-state index in [1.807, 2.05) is 6.07 Å². The van der Waals surface area contributed by atoms with E-state index < -0.39 is 5.29 Å². The first-order valence-electron chi connectivity index (χ1n) is 7.31. The quantitative estimate of drug-likeness (QED) is 0.428. The molecule has 0 radical (unpaired) electrons. The molecule has 0 bridgehead atoms. The highest BCUT2D eigenvalue weighted by molar-refractivity contribution is 6.64. The van der Waals surface area contributed by atoms with E-state index >= 15 is 0 Å². The van der Waals surface area contributed by atoms with Gasteiger partial charge in [-0.05, 0) is 29.8 Å². The molecule has 3 rings (SSSR count). The molecule has 2 aromatic carbocycles. The van der Waals surface area contributed by atoms with E-state index in [2.05, 4.69) is 5.10 Å². The second-order valence-electron chi connectivity index (χ2n) is 5.08. The van der Waals surface area contributed by atoms with Crippen LogP contribution in [0.3, 0.4) is 0 Å². The van der Waals surface area contributed by atoms with Gasteiger partial charge in [0.05, 0.1) is 0 Å². The third kappa shape index (κ3) is 3.81. The molecule has 1 heterocycles. The molecule has 25 heavy (non-hydrogen) atoms. The minimum atomic E-state index is -0.413. The Labute approximate surface area is 148 Å². The molecule has 7 heteroatoms. The van der Waals surface area contributed by atoms with Crippen LogP contribution >= 0.6 is 11.6 Å². The molecule has 0 amide bonds. The number of hydrogen-bond acceptors (Lipinski definition) is 5. The van der Waals surface area contributed by atoms with E-state index in [1.54, 1.807) is 48.5 Å². The zero-order valence-corrected chi connectivity index (χ0v) is 13.7. The van der Waals surface area contributed by atoms with Gasteiger partial charge in [0.1, 0.15) is 11.2 Å². The summed E-state index contributed by atoms with van der Waals surface area (Å²) in [5, 5.41) is 18.6. The highest BCUT2D eigenvalue weighted by Gasteiger charge is 2.10. The predicted octanol–water partition coefficient (Wildman–Crippen LogP) is 3.41. The van der Waals surface area contributed by atoms with Crippen LogP contribution in [-0.2, 0) is 0 Å². The predicted molar refractivity (Wildman–Crippen MR) is 93.4 cm³/mol. The first-order chi connectivity index (χ1) is 12.0. The average Bonchev–Trinajstić information content (AvgIpc) is 2.63. The van der Waals surface area contributed by atoms with E-state index in [4.69, 9.17) is 27.2 Å². The SMILES string of the molecule is N=C(Cl)n1nc(Oc2cccc(C(=O)c3ccccc3)c2)ccc1=N. The molecule has 0 saturated carbocycles. The third-order valence-electron chi connectivity index (χ3n) is 3.35. The summed E-state index contributed by atoms with van der Waals surface area (Å²) in [5.41, 5.74) is 1.03. The first kappa shape index (κ1) is 16.6. The van der Waals surface area contributed by atoms with Gasteiger partial charge in [-0.15, -0.1) is 5.10 Å². The maximum absolute atomic E-state index is 12.5. The fourth-order valence-electron chi connectivity index (χ4n) is 2.19. The van der Waals surface area contributed by atoms with Crippen molar-refractivity contribution in [2.75, 3.05) is 0 Å². The molecule has 0 aliphatic carbocycles. The lowest BCUT2D eigenvalue weighted by Crippen LogP contribution is -2.25. The lowest BCUT2D eigenvalue weighted by Gasteiger charge is -2.08. The van der Waals surface area contributed by atoms with E-state index in [0.29, 0.717) is 16.9 Å². The largest absolute Gasteiger partial charge is 0.438 e. The zero-order chi connectivity index (χ0) is 17.8. The second kappa shape index (κ2) is 7.11. The molecule has 0 saturated heterocycles. The Kier molecular flexibility index (Phi) is 4.72. The van der Waals surface area contributed by atoms with E-state index in [1.165, 1.54) is 12.1 Å². The molecule has 0 aliphatic heterocycles. The van der Waals surface area contributed by atoms with Crippen LogP contribution in [0.15, 0.2) is 66.7 Å². The highest BCUT2D eigenvalue weighted by Crippen LogP contribution is 2.21. The number of carbonyl (C=O) groups is 1. The highest BCUT2D eigenvalue weighted by atomic mass is 35.5. The Morgan fingerprint density at radius 1 is 1.00 bits per heavy atom. The number of halogens is 1. The standard InChI is InChI=1S/C18H13ClN4O2/c19-18(21)23-15(20)9-10-16(22-23)25-14-8-4-7-13(11-14)17(24)12-5-2-1-3-6-12/h1-11,20-21H. The fraction of sp³-hybridized carbons (Fsp3) is 0. The van der Waals surface area contributed by atoms with Crippen LogP contribution in [0.2, 0.25) is 0 Å². The topological polar surface area (TPSA) is 91.8 Å². The number of hydrogen-bond donors (Lipinski definition) is 2. The van der Waals surface area contributed by atoms with E-state index in [-0.39, 0.29) is 17.2 Å². The van der Waals surface area contributed by atoms with Crippen LogP contribution in [0.25, 0.3) is 0 Å². The third-order valence-corrected chi connectivity index (χ3v) is 3.51. The van der Waals surface area contributed by atoms with Crippen molar-refractivity contribution < 1.29 is 9.53 Å². The Bertz CT molecular complexity index is 999. The molecular formula is C18H13ClN4O2. The maximum Gasteiger partial charge on any atom is 0.237 e. The summed E-state index contributed by atoms with van der Waals surface area (Å²) in [5.74, 6) is 0.462. The molecule has 0 atom stereocenters. The lowest BCUT2D eigenvalue weighted by molar-refractivity contribution is 0.103. The summed E-state index contributed by atoms with van der Waals surface area (Å²) in [6.45, 7) is 0. The second-order valence-corrected chi connectivity index (χ2v) is 5.44. The number of ether oxygens (including phenoxy) is 1. The summed E-state index contributed by atoms with van der Waals surface area (Å²) in [4.78, 5) is 12.5. The number of rotatable bonds is 4. The number of aromatic nitrogens is 2. The van der Waals surface area contributed by atoms with Crippen LogP contribution in [0.1, 0.15) is 15.9 Å². The average molecular weight is 353 g/mol. The first-order valence-corrected chi connectivity index (χ1v) is 7.69. The van der Waals surface area contributed by atoms with Gasteiger partial charge in [0.25, 0.3) is 0 Å². The van der Waals surface area contributed by atoms with Crippen molar-refractivity contribution in [1.82, 2.24) is 9.78 Å². The van der Waals surface area contributed by atoms with Crippen molar-refractivity contribution in [3.8, 4) is 11.6 Å². The van der Waals surface area contributed by atoms with E-state index in [0.717, 1.165) is 4.68 Å². The zero-order valence-electron chi connectivity index (χ0n) is 12.9. The van der Waals surface area contributed by atoms with Crippen LogP contribution in [0.4, 0.5) is 0 Å². The molecule has 0 fully saturated rings. The summed E-state index contributed by atoms with van der Waals surface area (Å²) < 4.78 is 6.55. The van der Waals surface area contributed by atoms with Crippen molar-refractivity contribution in [1.29, 1.82) is 10.8 Å². The Balaban J connectivity index is 1.88. The minimum Gasteiger partial charge on any atom is -0.438 e. The van der Waals surface area contributed by atoms with Gasteiger partial charge in [-0.25, -0.2) is 0 Å². The maximum atomic E-state index is 12.5. The van der Waals surface area contributed by atoms with Crippen molar-refractivity contribution in [2.24, 2.45) is 0 Å². The van der Waals surface area contributed by atoms with Crippen LogP contribution in [0.5, 0.6) is 11.6 Å². The van der Waals surface area contributed by atoms with Gasteiger partial charge in [-0.2, -0.15) is 4.68 Å².